The number of aryl methyl sites for hydroxylation is 1. The fourth-order valence-corrected chi connectivity index (χ4v) is 4.12. The van der Waals surface area contributed by atoms with Crippen molar-refractivity contribution in [2.75, 3.05) is 6.54 Å². The van der Waals surface area contributed by atoms with Crippen molar-refractivity contribution in [3.63, 3.8) is 0 Å². The van der Waals surface area contributed by atoms with Gasteiger partial charge in [0.2, 0.25) is 0 Å². The second-order valence-electron chi connectivity index (χ2n) is 4.16. The summed E-state index contributed by atoms with van der Waals surface area (Å²) in [4.78, 5) is 1.17. The van der Waals surface area contributed by atoms with Gasteiger partial charge in [0.25, 0.3) is 0 Å². The minimum absolute atomic E-state index is 0.365. The Balaban J connectivity index is 2.15. The molecule has 1 N–H and O–H groups in total. The van der Waals surface area contributed by atoms with Gasteiger partial charge in [-0.05, 0) is 54.0 Å². The zero-order valence-corrected chi connectivity index (χ0v) is 14.3. The van der Waals surface area contributed by atoms with E-state index in [1.54, 1.807) is 23.1 Å². The normalized spacial score (nSPS) is 12.6. The summed E-state index contributed by atoms with van der Waals surface area (Å²) >= 11 is 6.90. The molecule has 1 atom stereocenters. The molecule has 19 heavy (non-hydrogen) atoms. The third-order valence-corrected chi connectivity index (χ3v) is 5.56. The Kier molecular flexibility index (Phi) is 5.38. The zero-order valence-electron chi connectivity index (χ0n) is 11.1. The van der Waals surface area contributed by atoms with Crippen LogP contribution < -0.4 is 5.32 Å². The smallest absolute Gasteiger partial charge is 0.179 e. The topological polar surface area (TPSA) is 37.8 Å². The van der Waals surface area contributed by atoms with Gasteiger partial charge < -0.3 is 5.32 Å². The number of rotatable bonds is 5. The van der Waals surface area contributed by atoms with E-state index in [9.17, 15) is 0 Å². The Morgan fingerprint density at radius 2 is 2.21 bits per heavy atom. The Hall–Kier alpha value is -0.430. The van der Waals surface area contributed by atoms with E-state index in [-0.39, 0.29) is 0 Å². The quantitative estimate of drug-likeness (QED) is 0.858. The third kappa shape index (κ3) is 4.02. The highest BCUT2D eigenvalue weighted by Crippen LogP contribution is 2.36. The molecule has 6 heteroatoms. The molecule has 1 heterocycles. The first kappa shape index (κ1) is 15.0. The Labute approximate surface area is 130 Å². The molecule has 0 aliphatic carbocycles. The van der Waals surface area contributed by atoms with E-state index in [4.69, 9.17) is 0 Å². The Morgan fingerprint density at radius 1 is 1.42 bits per heavy atom. The molecule has 1 aromatic carbocycles. The number of nitrogens with zero attached hydrogens (tertiary/aromatic N) is 2. The molecule has 0 radical (unpaired) electrons. The van der Waals surface area contributed by atoms with Crippen molar-refractivity contribution in [2.45, 2.75) is 36.0 Å². The third-order valence-electron chi connectivity index (χ3n) is 2.67. The number of aromatic nitrogens is 2. The van der Waals surface area contributed by atoms with Crippen LogP contribution in [0.15, 0.2) is 31.9 Å². The molecule has 0 bridgehead atoms. The van der Waals surface area contributed by atoms with E-state index >= 15 is 0 Å². The molecular weight excluding hydrogens is 342 g/mol. The molecule has 2 rings (SSSR count). The molecule has 3 nitrogen and oxygen atoms in total. The summed E-state index contributed by atoms with van der Waals surface area (Å²) < 4.78 is 2.08. The fraction of sp³-hybridized carbons (Fsp3) is 0.385. The van der Waals surface area contributed by atoms with Crippen molar-refractivity contribution in [1.29, 1.82) is 0 Å². The number of nitrogens with one attached hydrogen (secondary N) is 1. The molecule has 1 aromatic heterocycles. The molecule has 0 saturated carbocycles. The lowest BCUT2D eigenvalue weighted by atomic mass is 10.1. The monoisotopic (exact) mass is 357 g/mol. The van der Waals surface area contributed by atoms with Crippen LogP contribution in [0.5, 0.6) is 0 Å². The van der Waals surface area contributed by atoms with E-state index < -0.39 is 0 Å². The van der Waals surface area contributed by atoms with Gasteiger partial charge in [0, 0.05) is 15.4 Å². The van der Waals surface area contributed by atoms with E-state index in [0.29, 0.717) is 6.04 Å². The van der Waals surface area contributed by atoms with Gasteiger partial charge >= 0.3 is 0 Å². The second kappa shape index (κ2) is 6.83. The van der Waals surface area contributed by atoms with Crippen molar-refractivity contribution in [2.24, 2.45) is 0 Å². The molecule has 102 valence electrons. The average Bonchev–Trinajstić information content (AvgIpc) is 2.78. The van der Waals surface area contributed by atoms with E-state index in [1.807, 2.05) is 6.92 Å². The van der Waals surface area contributed by atoms with Crippen molar-refractivity contribution in [3.8, 4) is 0 Å². The maximum atomic E-state index is 4.14. The molecule has 0 saturated heterocycles. The summed E-state index contributed by atoms with van der Waals surface area (Å²) in [6.07, 6.45) is 0. The van der Waals surface area contributed by atoms with Crippen molar-refractivity contribution in [1.82, 2.24) is 15.5 Å². The van der Waals surface area contributed by atoms with Crippen LogP contribution in [0.2, 0.25) is 0 Å². The van der Waals surface area contributed by atoms with E-state index in [2.05, 4.69) is 63.5 Å². The first-order valence-corrected chi connectivity index (χ1v) is 8.53. The summed E-state index contributed by atoms with van der Waals surface area (Å²) in [5.74, 6) is 0. The van der Waals surface area contributed by atoms with Crippen molar-refractivity contribution in [3.05, 3.63) is 33.2 Å². The molecule has 0 amide bonds. The molecule has 2 aromatic rings. The largest absolute Gasteiger partial charge is 0.310 e. The number of benzene rings is 1. The molecule has 0 aliphatic rings. The lowest BCUT2D eigenvalue weighted by Crippen LogP contribution is -2.17. The molecule has 0 aliphatic heterocycles. The standard InChI is InChI=1S/C13H16BrN3S2/c1-4-15-8(2)10-5-6-12(11(14)7-10)19-13-17-16-9(3)18-13/h5-8,15H,4H2,1-3H3. The number of hydrogen-bond acceptors (Lipinski definition) is 5. The van der Waals surface area contributed by atoms with Gasteiger partial charge in [0.05, 0.1) is 0 Å². The fourth-order valence-electron chi connectivity index (χ4n) is 1.71. The summed E-state index contributed by atoms with van der Waals surface area (Å²) in [5, 5.41) is 12.6. The van der Waals surface area contributed by atoms with E-state index in [1.165, 1.54) is 10.5 Å². The van der Waals surface area contributed by atoms with Crippen LogP contribution in [0.1, 0.15) is 30.5 Å². The summed E-state index contributed by atoms with van der Waals surface area (Å²) in [5.41, 5.74) is 1.28. The SMILES string of the molecule is CCNC(C)c1ccc(Sc2nnc(C)s2)c(Br)c1. The minimum Gasteiger partial charge on any atom is -0.310 e. The summed E-state index contributed by atoms with van der Waals surface area (Å²) in [6.45, 7) is 7.23. The molecular formula is C13H16BrN3S2. The van der Waals surface area contributed by atoms with Gasteiger partial charge in [-0.1, -0.05) is 36.1 Å². The van der Waals surface area contributed by atoms with E-state index in [0.717, 1.165) is 20.4 Å². The molecule has 0 spiro atoms. The predicted molar refractivity (Wildman–Crippen MR) is 85.0 cm³/mol. The minimum atomic E-state index is 0.365. The Morgan fingerprint density at radius 3 is 2.79 bits per heavy atom. The van der Waals surface area contributed by atoms with Crippen LogP contribution in [0.25, 0.3) is 0 Å². The van der Waals surface area contributed by atoms with Gasteiger partial charge in [-0.3, -0.25) is 0 Å². The molecule has 1 unspecified atom stereocenters. The van der Waals surface area contributed by atoms with Crippen molar-refractivity contribution >= 4 is 39.0 Å². The summed E-state index contributed by atoms with van der Waals surface area (Å²) in [6, 6.07) is 6.83. The average molecular weight is 358 g/mol. The number of halogens is 1. The first-order valence-electron chi connectivity index (χ1n) is 6.11. The van der Waals surface area contributed by atoms with Crippen LogP contribution in [-0.2, 0) is 0 Å². The van der Waals surface area contributed by atoms with Gasteiger partial charge in [0.1, 0.15) is 5.01 Å². The van der Waals surface area contributed by atoms with Crippen LogP contribution in [0, 0.1) is 6.92 Å². The summed E-state index contributed by atoms with van der Waals surface area (Å²) in [7, 11) is 0. The van der Waals surface area contributed by atoms with Gasteiger partial charge in [-0.2, -0.15) is 0 Å². The lowest BCUT2D eigenvalue weighted by Gasteiger charge is -2.14. The van der Waals surface area contributed by atoms with Crippen LogP contribution >= 0.6 is 39.0 Å². The van der Waals surface area contributed by atoms with Gasteiger partial charge in [-0.15, -0.1) is 10.2 Å². The van der Waals surface area contributed by atoms with Crippen LogP contribution in [0.3, 0.4) is 0 Å². The molecule has 0 fully saturated rings. The van der Waals surface area contributed by atoms with Crippen LogP contribution in [-0.4, -0.2) is 16.7 Å². The zero-order chi connectivity index (χ0) is 13.8. The first-order chi connectivity index (χ1) is 9.10. The lowest BCUT2D eigenvalue weighted by molar-refractivity contribution is 0.597. The van der Waals surface area contributed by atoms with Crippen molar-refractivity contribution < 1.29 is 0 Å². The van der Waals surface area contributed by atoms with Gasteiger partial charge in [-0.25, -0.2) is 0 Å². The highest BCUT2D eigenvalue weighted by molar-refractivity contribution is 9.10. The highest BCUT2D eigenvalue weighted by Gasteiger charge is 2.10. The maximum Gasteiger partial charge on any atom is 0.179 e. The number of hydrogen-bond donors (Lipinski definition) is 1. The Bertz CT molecular complexity index is 557. The maximum absolute atomic E-state index is 4.14. The second-order valence-corrected chi connectivity index (χ2v) is 7.48. The predicted octanol–water partition coefficient (Wildman–Crippen LogP) is 4.43. The van der Waals surface area contributed by atoms with Gasteiger partial charge in [0.15, 0.2) is 4.34 Å². The highest BCUT2D eigenvalue weighted by atomic mass is 79.9. The van der Waals surface area contributed by atoms with Crippen LogP contribution in [0.4, 0.5) is 0 Å².